The fourth-order valence-electron chi connectivity index (χ4n) is 1.58. The van der Waals surface area contributed by atoms with Crippen LogP contribution in [0.2, 0.25) is 0 Å². The highest BCUT2D eigenvalue weighted by Crippen LogP contribution is 2.24. The highest BCUT2D eigenvalue weighted by atomic mass is 79.9. The molecule has 0 radical (unpaired) electrons. The fourth-order valence-corrected chi connectivity index (χ4v) is 2.02. The van der Waals surface area contributed by atoms with Crippen LogP contribution in [0.1, 0.15) is 44.6 Å². The second kappa shape index (κ2) is 8.43. The lowest BCUT2D eigenvalue weighted by Crippen LogP contribution is -2.09. The summed E-state index contributed by atoms with van der Waals surface area (Å²) in [5, 5.41) is 3.32. The second-order valence-corrected chi connectivity index (χ2v) is 5.01. The van der Waals surface area contributed by atoms with Crippen LogP contribution in [0.15, 0.2) is 4.47 Å². The van der Waals surface area contributed by atoms with Gasteiger partial charge in [0.25, 0.3) is 0 Å². The van der Waals surface area contributed by atoms with E-state index in [9.17, 15) is 0 Å². The molecule has 0 saturated heterocycles. The molecule has 1 N–H and O–H groups in total. The summed E-state index contributed by atoms with van der Waals surface area (Å²) >= 11 is 3.55. The third-order valence-electron chi connectivity index (χ3n) is 2.54. The van der Waals surface area contributed by atoms with Crippen LogP contribution in [0.3, 0.4) is 0 Å². The molecule has 0 aliphatic carbocycles. The highest BCUT2D eigenvalue weighted by molar-refractivity contribution is 9.10. The van der Waals surface area contributed by atoms with E-state index in [4.69, 9.17) is 4.74 Å². The molecule has 1 aromatic heterocycles. The Kier molecular flexibility index (Phi) is 7.20. The van der Waals surface area contributed by atoms with Gasteiger partial charge in [-0.2, -0.15) is 0 Å². The zero-order valence-corrected chi connectivity index (χ0v) is 13.0. The fraction of sp³-hybridized carbons (Fsp3) is 0.692. The average Bonchev–Trinajstić information content (AvgIpc) is 2.38. The predicted octanol–water partition coefficient (Wildman–Crippen LogP) is 3.55. The lowest BCUT2D eigenvalue weighted by molar-refractivity contribution is 0.180. The maximum atomic E-state index is 5.18. The number of methoxy groups -OCH3 is 1. The van der Waals surface area contributed by atoms with Gasteiger partial charge in [0.05, 0.1) is 16.8 Å². The molecule has 0 aliphatic rings. The summed E-state index contributed by atoms with van der Waals surface area (Å²) in [5.41, 5.74) is 0.914. The Hall–Kier alpha value is -0.680. The second-order valence-electron chi connectivity index (χ2n) is 4.21. The van der Waals surface area contributed by atoms with Crippen LogP contribution in [-0.4, -0.2) is 23.6 Å². The predicted molar refractivity (Wildman–Crippen MR) is 77.8 cm³/mol. The van der Waals surface area contributed by atoms with Gasteiger partial charge in [0.2, 0.25) is 0 Å². The van der Waals surface area contributed by atoms with Crippen molar-refractivity contribution in [3.8, 4) is 0 Å². The van der Waals surface area contributed by atoms with Crippen molar-refractivity contribution in [2.45, 2.75) is 46.1 Å². The smallest absolute Gasteiger partial charge is 0.144 e. The molecular formula is C13H22BrN3O. The molecule has 0 spiro atoms. The van der Waals surface area contributed by atoms with Gasteiger partial charge >= 0.3 is 0 Å². The van der Waals surface area contributed by atoms with Crippen molar-refractivity contribution in [2.75, 3.05) is 19.0 Å². The Morgan fingerprint density at radius 1 is 1.22 bits per heavy atom. The Balaban J connectivity index is 2.94. The van der Waals surface area contributed by atoms with E-state index in [0.717, 1.165) is 54.0 Å². The van der Waals surface area contributed by atoms with Crippen LogP contribution in [0.5, 0.6) is 0 Å². The SMILES string of the molecule is CCCCc1nc(COC)c(Br)c(NCCC)n1. The topological polar surface area (TPSA) is 47.0 Å². The first-order chi connectivity index (χ1) is 8.72. The Bertz CT molecular complexity index is 371. The Morgan fingerprint density at radius 3 is 2.61 bits per heavy atom. The first-order valence-corrected chi connectivity index (χ1v) is 7.30. The first kappa shape index (κ1) is 15.4. The van der Waals surface area contributed by atoms with E-state index in [-0.39, 0.29) is 0 Å². The molecule has 18 heavy (non-hydrogen) atoms. The minimum atomic E-state index is 0.503. The number of ether oxygens (including phenoxy) is 1. The van der Waals surface area contributed by atoms with Gasteiger partial charge in [0.1, 0.15) is 11.6 Å². The molecule has 0 aliphatic heterocycles. The number of hydrogen-bond acceptors (Lipinski definition) is 4. The largest absolute Gasteiger partial charge is 0.378 e. The summed E-state index contributed by atoms with van der Waals surface area (Å²) in [7, 11) is 1.68. The van der Waals surface area contributed by atoms with Crippen LogP contribution in [0, 0.1) is 0 Å². The van der Waals surface area contributed by atoms with Crippen molar-refractivity contribution < 1.29 is 4.74 Å². The molecule has 1 rings (SSSR count). The van der Waals surface area contributed by atoms with E-state index in [1.807, 2.05) is 0 Å². The molecular weight excluding hydrogens is 294 g/mol. The zero-order valence-electron chi connectivity index (χ0n) is 11.4. The van der Waals surface area contributed by atoms with Gasteiger partial charge in [0.15, 0.2) is 0 Å². The molecule has 0 atom stereocenters. The minimum Gasteiger partial charge on any atom is -0.378 e. The summed E-state index contributed by atoms with van der Waals surface area (Å²) in [6.45, 7) is 5.72. The molecule has 0 fully saturated rings. The van der Waals surface area contributed by atoms with E-state index < -0.39 is 0 Å². The van der Waals surface area contributed by atoms with Crippen LogP contribution in [0.25, 0.3) is 0 Å². The van der Waals surface area contributed by atoms with Crippen molar-refractivity contribution >= 4 is 21.7 Å². The summed E-state index contributed by atoms with van der Waals surface area (Å²) in [6.07, 6.45) is 4.25. The summed E-state index contributed by atoms with van der Waals surface area (Å²) in [6, 6.07) is 0. The average molecular weight is 316 g/mol. The number of aromatic nitrogens is 2. The maximum Gasteiger partial charge on any atom is 0.144 e. The number of rotatable bonds is 8. The van der Waals surface area contributed by atoms with Crippen molar-refractivity contribution in [1.29, 1.82) is 0 Å². The molecule has 4 nitrogen and oxygen atoms in total. The molecule has 0 aromatic carbocycles. The van der Waals surface area contributed by atoms with Gasteiger partial charge in [-0.15, -0.1) is 0 Å². The van der Waals surface area contributed by atoms with E-state index in [2.05, 4.69) is 45.1 Å². The third-order valence-corrected chi connectivity index (χ3v) is 3.38. The van der Waals surface area contributed by atoms with Crippen LogP contribution in [-0.2, 0) is 17.8 Å². The van der Waals surface area contributed by atoms with E-state index >= 15 is 0 Å². The molecule has 5 heteroatoms. The molecule has 102 valence electrons. The normalized spacial score (nSPS) is 10.7. The van der Waals surface area contributed by atoms with Crippen molar-refractivity contribution in [2.24, 2.45) is 0 Å². The quantitative estimate of drug-likeness (QED) is 0.797. The summed E-state index contributed by atoms with van der Waals surface area (Å²) < 4.78 is 6.09. The van der Waals surface area contributed by atoms with Crippen LogP contribution >= 0.6 is 15.9 Å². The molecule has 0 unspecified atom stereocenters. The molecule has 0 amide bonds. The highest BCUT2D eigenvalue weighted by Gasteiger charge is 2.11. The summed E-state index contributed by atoms with van der Waals surface area (Å²) in [4.78, 5) is 9.11. The minimum absolute atomic E-state index is 0.503. The monoisotopic (exact) mass is 315 g/mol. The maximum absolute atomic E-state index is 5.18. The number of halogens is 1. The van der Waals surface area contributed by atoms with Gasteiger partial charge in [0, 0.05) is 20.1 Å². The summed E-state index contributed by atoms with van der Waals surface area (Å²) in [5.74, 6) is 1.77. The standard InChI is InChI=1S/C13H22BrN3O/c1-4-6-7-11-16-10(9-18-3)12(14)13(17-11)15-8-5-2/h4-9H2,1-3H3,(H,15,16,17). The zero-order chi connectivity index (χ0) is 13.4. The molecule has 0 saturated carbocycles. The number of hydrogen-bond donors (Lipinski definition) is 1. The number of nitrogens with one attached hydrogen (secondary N) is 1. The van der Waals surface area contributed by atoms with Gasteiger partial charge in [-0.3, -0.25) is 0 Å². The van der Waals surface area contributed by atoms with E-state index in [0.29, 0.717) is 6.61 Å². The number of unbranched alkanes of at least 4 members (excludes halogenated alkanes) is 1. The Labute approximate surface area is 118 Å². The van der Waals surface area contributed by atoms with Gasteiger partial charge in [-0.25, -0.2) is 9.97 Å². The molecule has 1 heterocycles. The van der Waals surface area contributed by atoms with Gasteiger partial charge < -0.3 is 10.1 Å². The van der Waals surface area contributed by atoms with Crippen molar-refractivity contribution in [3.05, 3.63) is 16.0 Å². The van der Waals surface area contributed by atoms with Crippen LogP contribution < -0.4 is 5.32 Å². The third kappa shape index (κ3) is 4.53. The van der Waals surface area contributed by atoms with Crippen molar-refractivity contribution in [3.63, 3.8) is 0 Å². The van der Waals surface area contributed by atoms with Crippen LogP contribution in [0.4, 0.5) is 5.82 Å². The first-order valence-electron chi connectivity index (χ1n) is 6.51. The van der Waals surface area contributed by atoms with Gasteiger partial charge in [-0.1, -0.05) is 20.3 Å². The lowest BCUT2D eigenvalue weighted by Gasteiger charge is -2.12. The van der Waals surface area contributed by atoms with E-state index in [1.165, 1.54) is 0 Å². The Morgan fingerprint density at radius 2 is 2.00 bits per heavy atom. The molecule has 1 aromatic rings. The number of nitrogens with zero attached hydrogens (tertiary/aromatic N) is 2. The number of aryl methyl sites for hydroxylation is 1. The van der Waals surface area contributed by atoms with Gasteiger partial charge in [-0.05, 0) is 28.8 Å². The van der Waals surface area contributed by atoms with Crippen molar-refractivity contribution in [1.82, 2.24) is 9.97 Å². The number of anilines is 1. The van der Waals surface area contributed by atoms with E-state index in [1.54, 1.807) is 7.11 Å². The molecule has 0 bridgehead atoms. The lowest BCUT2D eigenvalue weighted by atomic mass is 10.2.